The molecule has 0 bridgehead atoms. The van der Waals surface area contributed by atoms with E-state index in [1.165, 1.54) is 23.5 Å². The first-order valence-electron chi connectivity index (χ1n) is 4.71. The van der Waals surface area contributed by atoms with Crippen molar-refractivity contribution in [3.8, 4) is 10.4 Å². The molecule has 5 heteroatoms. The first kappa shape index (κ1) is 11.8. The number of carbonyl (C=O) groups excluding carboxylic acids is 1. The van der Waals surface area contributed by atoms with Crippen molar-refractivity contribution in [3.05, 3.63) is 46.3 Å². The maximum Gasteiger partial charge on any atom is 0.377 e. The molecule has 0 radical (unpaired) electrons. The molecule has 0 aliphatic heterocycles. The minimum atomic E-state index is -1.45. The monoisotopic (exact) mass is 266 g/mol. The molecule has 0 saturated heterocycles. The Balaban J connectivity index is 2.30. The molecule has 86 valence electrons. The molecular formula is C12H7ClO3S. The topological polar surface area (TPSA) is 54.4 Å². The second kappa shape index (κ2) is 4.69. The molecule has 0 atom stereocenters. The van der Waals surface area contributed by atoms with Gasteiger partial charge >= 0.3 is 5.97 Å². The number of rotatable bonds is 3. The molecule has 0 spiro atoms. The highest BCUT2D eigenvalue weighted by atomic mass is 35.5. The Kier molecular flexibility index (Phi) is 3.26. The summed E-state index contributed by atoms with van der Waals surface area (Å²) in [5.41, 5.74) is 1.08. The van der Waals surface area contributed by atoms with E-state index in [1.54, 1.807) is 18.2 Å². The average molecular weight is 267 g/mol. The largest absolute Gasteiger partial charge is 0.475 e. The van der Waals surface area contributed by atoms with Gasteiger partial charge in [0, 0.05) is 10.4 Å². The highest BCUT2D eigenvalue weighted by Crippen LogP contribution is 2.30. The number of thiophene rings is 1. The number of carboxylic acids is 1. The smallest absolute Gasteiger partial charge is 0.377 e. The maximum absolute atomic E-state index is 11.2. The molecule has 0 fully saturated rings. The van der Waals surface area contributed by atoms with Crippen molar-refractivity contribution < 1.29 is 14.7 Å². The van der Waals surface area contributed by atoms with Crippen LogP contribution in [0.5, 0.6) is 0 Å². The predicted molar refractivity (Wildman–Crippen MR) is 66.7 cm³/mol. The summed E-state index contributed by atoms with van der Waals surface area (Å²) in [7, 11) is 0. The number of carbonyl (C=O) groups is 2. The highest BCUT2D eigenvalue weighted by molar-refractivity contribution is 7.19. The van der Waals surface area contributed by atoms with Gasteiger partial charge in [-0.25, -0.2) is 4.79 Å². The molecular weight excluding hydrogens is 260 g/mol. The number of ketones is 1. The molecule has 1 heterocycles. The lowest BCUT2D eigenvalue weighted by atomic mass is 10.1. The van der Waals surface area contributed by atoms with Gasteiger partial charge in [-0.05, 0) is 17.7 Å². The lowest BCUT2D eigenvalue weighted by molar-refractivity contribution is -0.131. The molecule has 0 amide bonds. The number of hydrogen-bond acceptors (Lipinski definition) is 3. The third-order valence-corrected chi connectivity index (χ3v) is 3.48. The lowest BCUT2D eigenvalue weighted by Crippen LogP contribution is -2.12. The van der Waals surface area contributed by atoms with Gasteiger partial charge in [-0.15, -0.1) is 11.3 Å². The van der Waals surface area contributed by atoms with Crippen molar-refractivity contribution in [3.63, 3.8) is 0 Å². The normalized spacial score (nSPS) is 10.2. The van der Waals surface area contributed by atoms with E-state index >= 15 is 0 Å². The van der Waals surface area contributed by atoms with Crippen LogP contribution in [0.4, 0.5) is 0 Å². The first-order chi connectivity index (χ1) is 8.08. The van der Waals surface area contributed by atoms with Crippen LogP contribution >= 0.6 is 22.9 Å². The fourth-order valence-electron chi connectivity index (χ4n) is 1.38. The number of aliphatic carboxylic acids is 1. The van der Waals surface area contributed by atoms with Crippen molar-refractivity contribution >= 4 is 34.7 Å². The van der Waals surface area contributed by atoms with E-state index in [0.717, 1.165) is 10.4 Å². The van der Waals surface area contributed by atoms with Crippen molar-refractivity contribution in [2.75, 3.05) is 0 Å². The van der Waals surface area contributed by atoms with Gasteiger partial charge in [0.25, 0.3) is 5.78 Å². The zero-order valence-electron chi connectivity index (χ0n) is 8.51. The van der Waals surface area contributed by atoms with Crippen LogP contribution in [-0.2, 0) is 4.79 Å². The van der Waals surface area contributed by atoms with Crippen LogP contribution < -0.4 is 0 Å². The minimum absolute atomic E-state index is 0.170. The highest BCUT2D eigenvalue weighted by Gasteiger charge is 2.14. The third-order valence-electron chi connectivity index (χ3n) is 2.20. The Bertz CT molecular complexity index is 572. The molecule has 1 aromatic carbocycles. The number of hydrogen-bond donors (Lipinski definition) is 1. The average Bonchev–Trinajstić information content (AvgIpc) is 2.75. The van der Waals surface area contributed by atoms with Crippen LogP contribution in [0.2, 0.25) is 4.34 Å². The molecule has 0 unspecified atom stereocenters. The van der Waals surface area contributed by atoms with E-state index < -0.39 is 11.8 Å². The SMILES string of the molecule is O=C(O)C(=O)c1ccc(-c2ccc(Cl)s2)cc1. The Labute approximate surface area is 106 Å². The molecule has 1 N–H and O–H groups in total. The molecule has 0 aliphatic carbocycles. The van der Waals surface area contributed by atoms with Gasteiger partial charge in [0.15, 0.2) is 0 Å². The zero-order chi connectivity index (χ0) is 12.4. The van der Waals surface area contributed by atoms with E-state index in [-0.39, 0.29) is 5.56 Å². The summed E-state index contributed by atoms with van der Waals surface area (Å²) in [5, 5.41) is 8.56. The minimum Gasteiger partial charge on any atom is -0.475 e. The van der Waals surface area contributed by atoms with Gasteiger partial charge in [-0.3, -0.25) is 4.79 Å². The van der Waals surface area contributed by atoms with E-state index in [4.69, 9.17) is 16.7 Å². The lowest BCUT2D eigenvalue weighted by Gasteiger charge is -1.99. The molecule has 2 aromatic rings. The van der Waals surface area contributed by atoms with Crippen LogP contribution in [0.15, 0.2) is 36.4 Å². The van der Waals surface area contributed by atoms with Crippen molar-refractivity contribution in [2.45, 2.75) is 0 Å². The molecule has 17 heavy (non-hydrogen) atoms. The second-order valence-corrected chi connectivity index (χ2v) is 5.03. The quantitative estimate of drug-likeness (QED) is 0.685. The summed E-state index contributed by atoms with van der Waals surface area (Å²) in [6.07, 6.45) is 0. The van der Waals surface area contributed by atoms with Gasteiger partial charge in [-0.1, -0.05) is 35.9 Å². The van der Waals surface area contributed by atoms with E-state index in [1.807, 2.05) is 6.07 Å². The fraction of sp³-hybridized carbons (Fsp3) is 0. The summed E-state index contributed by atoms with van der Waals surface area (Å²) in [6.45, 7) is 0. The maximum atomic E-state index is 11.2. The van der Waals surface area contributed by atoms with E-state index in [2.05, 4.69) is 0 Å². The fourth-order valence-corrected chi connectivity index (χ4v) is 2.43. The van der Waals surface area contributed by atoms with Gasteiger partial charge in [0.2, 0.25) is 0 Å². The van der Waals surface area contributed by atoms with Crippen molar-refractivity contribution in [2.24, 2.45) is 0 Å². The number of Topliss-reactive ketones (excluding diaryl/α,β-unsaturated/α-hetero) is 1. The van der Waals surface area contributed by atoms with Crippen molar-refractivity contribution in [1.29, 1.82) is 0 Å². The summed E-state index contributed by atoms with van der Waals surface area (Å²) < 4.78 is 0.686. The van der Waals surface area contributed by atoms with Crippen LogP contribution in [-0.4, -0.2) is 16.9 Å². The summed E-state index contributed by atoms with van der Waals surface area (Å²) in [4.78, 5) is 22.6. The molecule has 3 nitrogen and oxygen atoms in total. The van der Waals surface area contributed by atoms with Crippen molar-refractivity contribution in [1.82, 2.24) is 0 Å². The third kappa shape index (κ3) is 2.54. The Hall–Kier alpha value is -1.65. The molecule has 0 aliphatic rings. The standard InChI is InChI=1S/C12H7ClO3S/c13-10-6-5-9(17-10)7-1-3-8(4-2-7)11(14)12(15)16/h1-6H,(H,15,16). The molecule has 0 saturated carbocycles. The number of halogens is 1. The number of carboxylic acid groups (broad SMARTS) is 1. The van der Waals surface area contributed by atoms with Crippen LogP contribution in [0.3, 0.4) is 0 Å². The predicted octanol–water partition coefficient (Wildman–Crippen LogP) is 3.34. The van der Waals surface area contributed by atoms with Gasteiger partial charge in [0.1, 0.15) is 0 Å². The summed E-state index contributed by atoms with van der Waals surface area (Å²) in [6, 6.07) is 10.1. The van der Waals surface area contributed by atoms with Gasteiger partial charge in [0.05, 0.1) is 4.34 Å². The Morgan fingerprint density at radius 2 is 1.71 bits per heavy atom. The Morgan fingerprint density at radius 3 is 2.18 bits per heavy atom. The van der Waals surface area contributed by atoms with E-state index in [0.29, 0.717) is 4.34 Å². The first-order valence-corrected chi connectivity index (χ1v) is 5.91. The zero-order valence-corrected chi connectivity index (χ0v) is 10.1. The van der Waals surface area contributed by atoms with Crippen LogP contribution in [0.1, 0.15) is 10.4 Å². The van der Waals surface area contributed by atoms with E-state index in [9.17, 15) is 9.59 Å². The molecule has 2 rings (SSSR count). The van der Waals surface area contributed by atoms with Gasteiger partial charge in [-0.2, -0.15) is 0 Å². The van der Waals surface area contributed by atoms with Gasteiger partial charge < -0.3 is 5.11 Å². The second-order valence-electron chi connectivity index (χ2n) is 3.32. The molecule has 1 aromatic heterocycles. The summed E-state index contributed by atoms with van der Waals surface area (Å²) in [5.74, 6) is -2.35. The van der Waals surface area contributed by atoms with Crippen LogP contribution in [0, 0.1) is 0 Å². The van der Waals surface area contributed by atoms with Crippen LogP contribution in [0.25, 0.3) is 10.4 Å². The summed E-state index contributed by atoms with van der Waals surface area (Å²) >= 11 is 7.25. The Morgan fingerprint density at radius 1 is 1.06 bits per heavy atom. The number of benzene rings is 1.